The SMILES string of the molecule is CCOC(=O)Cc1csc(CCCCCc2cccc(F)c2)n1. The molecule has 23 heavy (non-hydrogen) atoms. The van der Waals surface area contributed by atoms with Crippen molar-refractivity contribution in [2.24, 2.45) is 0 Å². The molecule has 0 atom stereocenters. The average Bonchev–Trinajstić information content (AvgIpc) is 2.94. The van der Waals surface area contributed by atoms with Crippen molar-refractivity contribution in [3.05, 3.63) is 51.7 Å². The van der Waals surface area contributed by atoms with Crippen LogP contribution in [0.2, 0.25) is 0 Å². The molecule has 0 radical (unpaired) electrons. The molecular formula is C18H22FNO2S. The first-order valence-electron chi connectivity index (χ1n) is 8.00. The summed E-state index contributed by atoms with van der Waals surface area (Å²) in [6.45, 7) is 2.20. The fourth-order valence-corrected chi connectivity index (χ4v) is 3.22. The van der Waals surface area contributed by atoms with Crippen molar-refractivity contribution in [3.63, 3.8) is 0 Å². The van der Waals surface area contributed by atoms with Crippen LogP contribution in [0.15, 0.2) is 29.6 Å². The van der Waals surface area contributed by atoms with Gasteiger partial charge in [-0.3, -0.25) is 4.79 Å². The standard InChI is InChI=1S/C18H22FNO2S/c1-2-22-18(21)12-16-13-23-17(20-16)10-5-3-4-7-14-8-6-9-15(19)11-14/h6,8-9,11,13H,2-5,7,10,12H2,1H3. The summed E-state index contributed by atoms with van der Waals surface area (Å²) < 4.78 is 18.0. The van der Waals surface area contributed by atoms with Crippen LogP contribution in [0.1, 0.15) is 42.5 Å². The molecule has 124 valence electrons. The maximum absolute atomic E-state index is 13.1. The van der Waals surface area contributed by atoms with E-state index >= 15 is 0 Å². The molecule has 0 saturated heterocycles. The quantitative estimate of drug-likeness (QED) is 0.505. The highest BCUT2D eigenvalue weighted by molar-refractivity contribution is 7.09. The van der Waals surface area contributed by atoms with Crippen LogP contribution in [0.4, 0.5) is 4.39 Å². The van der Waals surface area contributed by atoms with E-state index in [-0.39, 0.29) is 18.2 Å². The minimum Gasteiger partial charge on any atom is -0.466 e. The Labute approximate surface area is 140 Å². The van der Waals surface area contributed by atoms with Crippen molar-refractivity contribution in [1.82, 2.24) is 4.98 Å². The smallest absolute Gasteiger partial charge is 0.311 e. The number of aryl methyl sites for hydroxylation is 2. The highest BCUT2D eigenvalue weighted by Gasteiger charge is 2.08. The molecule has 1 heterocycles. The first-order chi connectivity index (χ1) is 11.2. The van der Waals surface area contributed by atoms with Crippen molar-refractivity contribution in [2.45, 2.75) is 45.4 Å². The molecule has 0 unspecified atom stereocenters. The van der Waals surface area contributed by atoms with Gasteiger partial charge in [-0.1, -0.05) is 18.6 Å². The second-order valence-corrected chi connectivity index (χ2v) is 6.35. The molecule has 0 bridgehead atoms. The molecule has 3 nitrogen and oxygen atoms in total. The molecule has 2 rings (SSSR count). The fraction of sp³-hybridized carbons (Fsp3) is 0.444. The lowest BCUT2D eigenvalue weighted by molar-refractivity contribution is -0.142. The van der Waals surface area contributed by atoms with E-state index < -0.39 is 0 Å². The molecule has 0 saturated carbocycles. The summed E-state index contributed by atoms with van der Waals surface area (Å²) in [5.41, 5.74) is 1.85. The minimum absolute atomic E-state index is 0.167. The number of esters is 1. The van der Waals surface area contributed by atoms with Crippen LogP contribution in [0.25, 0.3) is 0 Å². The predicted molar refractivity (Wildman–Crippen MR) is 90.1 cm³/mol. The van der Waals surface area contributed by atoms with Gasteiger partial charge in [-0.2, -0.15) is 0 Å². The highest BCUT2D eigenvalue weighted by Crippen LogP contribution is 2.15. The van der Waals surface area contributed by atoms with Gasteiger partial charge in [0.25, 0.3) is 0 Å². The lowest BCUT2D eigenvalue weighted by Crippen LogP contribution is -2.07. The number of rotatable bonds is 9. The van der Waals surface area contributed by atoms with Crippen LogP contribution in [0, 0.1) is 5.82 Å². The largest absolute Gasteiger partial charge is 0.466 e. The maximum atomic E-state index is 13.1. The number of thiazole rings is 1. The zero-order valence-corrected chi connectivity index (χ0v) is 14.2. The number of carbonyl (C=O) groups is 1. The normalized spacial score (nSPS) is 10.7. The van der Waals surface area contributed by atoms with E-state index in [9.17, 15) is 9.18 Å². The second-order valence-electron chi connectivity index (χ2n) is 5.40. The van der Waals surface area contributed by atoms with Gasteiger partial charge in [0, 0.05) is 5.38 Å². The molecule has 1 aromatic heterocycles. The molecule has 0 aliphatic rings. The third kappa shape index (κ3) is 6.48. The Morgan fingerprint density at radius 2 is 2.09 bits per heavy atom. The molecule has 5 heteroatoms. The summed E-state index contributed by atoms with van der Waals surface area (Å²) in [5, 5.41) is 2.99. The summed E-state index contributed by atoms with van der Waals surface area (Å²) in [6.07, 6.45) is 5.28. The number of aromatic nitrogens is 1. The van der Waals surface area contributed by atoms with Gasteiger partial charge in [0.1, 0.15) is 5.82 Å². The highest BCUT2D eigenvalue weighted by atomic mass is 32.1. The third-order valence-electron chi connectivity index (χ3n) is 3.48. The topological polar surface area (TPSA) is 39.2 Å². The molecule has 1 aromatic carbocycles. The van der Waals surface area contributed by atoms with Crippen LogP contribution < -0.4 is 0 Å². The van der Waals surface area contributed by atoms with Gasteiger partial charge in [0.15, 0.2) is 0 Å². The number of benzene rings is 1. The molecule has 0 spiro atoms. The van der Waals surface area contributed by atoms with E-state index in [4.69, 9.17) is 4.74 Å². The van der Waals surface area contributed by atoms with Gasteiger partial charge in [-0.15, -0.1) is 11.3 Å². The second kappa shape index (κ2) is 9.40. The van der Waals surface area contributed by atoms with E-state index in [1.807, 2.05) is 11.4 Å². The summed E-state index contributed by atoms with van der Waals surface area (Å²) in [7, 11) is 0. The van der Waals surface area contributed by atoms with Crippen molar-refractivity contribution < 1.29 is 13.9 Å². The van der Waals surface area contributed by atoms with Crippen LogP contribution in [0.3, 0.4) is 0 Å². The van der Waals surface area contributed by atoms with Gasteiger partial charge < -0.3 is 4.74 Å². The van der Waals surface area contributed by atoms with E-state index in [0.717, 1.165) is 48.4 Å². The number of ether oxygens (including phenoxy) is 1. The van der Waals surface area contributed by atoms with Crippen molar-refractivity contribution >= 4 is 17.3 Å². The van der Waals surface area contributed by atoms with Crippen LogP contribution in [-0.4, -0.2) is 17.6 Å². The first kappa shape index (κ1) is 17.6. The predicted octanol–water partition coefficient (Wildman–Crippen LogP) is 4.34. The van der Waals surface area contributed by atoms with Gasteiger partial charge in [0.05, 0.1) is 23.7 Å². The molecule has 0 aliphatic heterocycles. The molecule has 0 N–H and O–H groups in total. The maximum Gasteiger partial charge on any atom is 0.311 e. The first-order valence-corrected chi connectivity index (χ1v) is 8.88. The van der Waals surface area contributed by atoms with Gasteiger partial charge >= 0.3 is 5.97 Å². The zero-order chi connectivity index (χ0) is 16.5. The zero-order valence-electron chi connectivity index (χ0n) is 13.4. The Hall–Kier alpha value is -1.75. The minimum atomic E-state index is -0.223. The Morgan fingerprint density at radius 3 is 2.87 bits per heavy atom. The lowest BCUT2D eigenvalue weighted by atomic mass is 10.1. The number of carbonyl (C=O) groups excluding carboxylic acids is 1. The average molecular weight is 335 g/mol. The van der Waals surface area contributed by atoms with Crippen LogP contribution in [-0.2, 0) is 28.8 Å². The Bertz CT molecular complexity index is 627. The number of hydrogen-bond donors (Lipinski definition) is 0. The van der Waals surface area contributed by atoms with E-state index in [1.165, 1.54) is 6.07 Å². The number of hydrogen-bond acceptors (Lipinski definition) is 4. The number of nitrogens with zero attached hydrogens (tertiary/aromatic N) is 1. The summed E-state index contributed by atoms with van der Waals surface area (Å²) in [6, 6.07) is 6.79. The van der Waals surface area contributed by atoms with Gasteiger partial charge in [-0.25, -0.2) is 9.37 Å². The molecule has 2 aromatic rings. The van der Waals surface area contributed by atoms with E-state index in [0.29, 0.717) is 6.61 Å². The van der Waals surface area contributed by atoms with Crippen molar-refractivity contribution in [1.29, 1.82) is 0 Å². The molecular weight excluding hydrogens is 313 g/mol. The van der Waals surface area contributed by atoms with Gasteiger partial charge in [0.2, 0.25) is 0 Å². The molecule has 0 fully saturated rings. The van der Waals surface area contributed by atoms with Crippen LogP contribution in [0.5, 0.6) is 0 Å². The summed E-state index contributed by atoms with van der Waals surface area (Å²) in [4.78, 5) is 15.9. The summed E-state index contributed by atoms with van der Waals surface area (Å²) in [5.74, 6) is -0.390. The Kier molecular flexibility index (Phi) is 7.20. The number of halogens is 1. The Morgan fingerprint density at radius 1 is 1.26 bits per heavy atom. The van der Waals surface area contributed by atoms with Crippen LogP contribution >= 0.6 is 11.3 Å². The van der Waals surface area contributed by atoms with Gasteiger partial charge in [-0.05, 0) is 50.3 Å². The Balaban J connectivity index is 1.64. The van der Waals surface area contributed by atoms with E-state index in [2.05, 4.69) is 4.98 Å². The van der Waals surface area contributed by atoms with E-state index in [1.54, 1.807) is 30.4 Å². The molecule has 0 amide bonds. The third-order valence-corrected chi connectivity index (χ3v) is 4.43. The summed E-state index contributed by atoms with van der Waals surface area (Å²) >= 11 is 1.60. The van der Waals surface area contributed by atoms with Crippen molar-refractivity contribution in [3.8, 4) is 0 Å². The van der Waals surface area contributed by atoms with Crippen molar-refractivity contribution in [2.75, 3.05) is 6.61 Å². The molecule has 0 aliphatic carbocycles. The monoisotopic (exact) mass is 335 g/mol. The lowest BCUT2D eigenvalue weighted by Gasteiger charge is -2.01. The number of unbranched alkanes of at least 4 members (excludes halogenated alkanes) is 2. The fourth-order valence-electron chi connectivity index (χ4n) is 2.38.